The lowest BCUT2D eigenvalue weighted by atomic mass is 10.1. The number of anilines is 3. The van der Waals surface area contributed by atoms with Crippen LogP contribution >= 0.6 is 0 Å². The van der Waals surface area contributed by atoms with Crippen LogP contribution in [0.4, 0.5) is 26.2 Å². The van der Waals surface area contributed by atoms with E-state index in [1.807, 2.05) is 4.90 Å². The van der Waals surface area contributed by atoms with Gasteiger partial charge in [0.05, 0.1) is 50.1 Å². The fraction of sp³-hybridized carbons (Fsp3) is 0.414. The zero-order valence-corrected chi connectivity index (χ0v) is 22.9. The lowest BCUT2D eigenvalue weighted by Gasteiger charge is -2.37. The number of halogens is 2. The lowest BCUT2D eigenvalue weighted by molar-refractivity contribution is 0.0602. The molecule has 0 spiro atoms. The van der Waals surface area contributed by atoms with Gasteiger partial charge in [-0.3, -0.25) is 4.57 Å². The second kappa shape index (κ2) is 12.3. The molecule has 2 aliphatic rings. The molecule has 2 saturated heterocycles. The van der Waals surface area contributed by atoms with Crippen molar-refractivity contribution in [2.24, 2.45) is 0 Å². The molecule has 2 aromatic heterocycles. The highest BCUT2D eigenvalue weighted by atomic mass is 19.3. The Morgan fingerprint density at radius 2 is 1.76 bits per heavy atom. The first-order valence-electron chi connectivity index (χ1n) is 13.7. The Morgan fingerprint density at radius 1 is 0.976 bits per heavy atom. The summed E-state index contributed by atoms with van der Waals surface area (Å²) in [6, 6.07) is 17.3. The minimum atomic E-state index is -2.77. The molecule has 0 amide bonds. The molecule has 0 bridgehead atoms. The summed E-state index contributed by atoms with van der Waals surface area (Å²) < 4.78 is 46.2. The van der Waals surface area contributed by atoms with Gasteiger partial charge in [-0.1, -0.05) is 24.3 Å². The van der Waals surface area contributed by atoms with Crippen LogP contribution in [-0.4, -0.2) is 85.3 Å². The maximum atomic E-state index is 14.1. The zero-order chi connectivity index (χ0) is 28.2. The molecule has 10 nitrogen and oxygen atoms in total. The van der Waals surface area contributed by atoms with Gasteiger partial charge < -0.3 is 29.3 Å². The second-order valence-electron chi connectivity index (χ2n) is 10.0. The van der Waals surface area contributed by atoms with Crippen molar-refractivity contribution in [2.75, 3.05) is 74.9 Å². The smallest absolute Gasteiger partial charge is 0.296 e. The molecular weight excluding hydrogens is 532 g/mol. The van der Waals surface area contributed by atoms with E-state index in [4.69, 9.17) is 24.2 Å². The maximum absolute atomic E-state index is 14.1. The standard InChI is InChI=1S/C29H33F2N7O3/c1-39-18-22-19-41-15-12-37(22)21-8-6-20(7-9-21)17-32-25-16-26(35-29(34-25)36-10-13-40-14-11-36)38-24-5-3-2-4-23(24)33-28(38)27(30)31/h2-9,16,22,27H,10-15,17-19H2,1H3,(H,32,34,35). The van der Waals surface area contributed by atoms with Crippen molar-refractivity contribution >= 4 is 28.5 Å². The van der Waals surface area contributed by atoms with Gasteiger partial charge in [-0.05, 0) is 29.8 Å². The number of nitrogens with one attached hydrogen (secondary N) is 1. The number of hydrogen-bond donors (Lipinski definition) is 1. The molecule has 2 aliphatic heterocycles. The van der Waals surface area contributed by atoms with Crippen molar-refractivity contribution in [3.63, 3.8) is 0 Å². The van der Waals surface area contributed by atoms with Crippen LogP contribution in [0, 0.1) is 0 Å². The quantitative estimate of drug-likeness (QED) is 0.323. The Balaban J connectivity index is 1.28. The Bertz CT molecular complexity index is 1460. The highest BCUT2D eigenvalue weighted by Gasteiger charge is 2.24. The van der Waals surface area contributed by atoms with E-state index in [-0.39, 0.29) is 11.9 Å². The molecule has 216 valence electrons. The summed E-state index contributed by atoms with van der Waals surface area (Å²) >= 11 is 0. The average molecular weight is 566 g/mol. The summed E-state index contributed by atoms with van der Waals surface area (Å²) in [6.07, 6.45) is -2.77. The van der Waals surface area contributed by atoms with Gasteiger partial charge in [-0.25, -0.2) is 13.8 Å². The Labute approximate surface area is 236 Å². The topological polar surface area (TPSA) is 89.8 Å². The molecule has 6 rings (SSSR count). The van der Waals surface area contributed by atoms with Gasteiger partial charge in [-0.15, -0.1) is 0 Å². The molecule has 1 unspecified atom stereocenters. The molecule has 4 heterocycles. The van der Waals surface area contributed by atoms with Crippen LogP contribution in [0.1, 0.15) is 17.8 Å². The van der Waals surface area contributed by atoms with Crippen LogP contribution in [-0.2, 0) is 20.8 Å². The van der Waals surface area contributed by atoms with Gasteiger partial charge in [-0.2, -0.15) is 9.97 Å². The van der Waals surface area contributed by atoms with Crippen LogP contribution in [0.5, 0.6) is 0 Å². The number of rotatable bonds is 9. The number of aromatic nitrogens is 4. The number of hydrogen-bond acceptors (Lipinski definition) is 9. The van der Waals surface area contributed by atoms with E-state index < -0.39 is 6.43 Å². The van der Waals surface area contributed by atoms with Crippen LogP contribution in [0.2, 0.25) is 0 Å². The molecule has 1 N–H and O–H groups in total. The highest BCUT2D eigenvalue weighted by molar-refractivity contribution is 5.78. The summed E-state index contributed by atoms with van der Waals surface area (Å²) in [4.78, 5) is 18.0. The number of ether oxygens (including phenoxy) is 3. The maximum Gasteiger partial charge on any atom is 0.296 e. The number of morpholine rings is 2. The third-order valence-electron chi connectivity index (χ3n) is 7.33. The average Bonchev–Trinajstić information content (AvgIpc) is 3.41. The highest BCUT2D eigenvalue weighted by Crippen LogP contribution is 2.29. The molecule has 0 saturated carbocycles. The van der Waals surface area contributed by atoms with E-state index >= 15 is 0 Å². The van der Waals surface area contributed by atoms with Crippen LogP contribution in [0.15, 0.2) is 54.6 Å². The molecule has 12 heteroatoms. The number of para-hydroxylation sites is 2. The van der Waals surface area contributed by atoms with Crippen molar-refractivity contribution in [2.45, 2.75) is 19.0 Å². The van der Waals surface area contributed by atoms with Crippen molar-refractivity contribution in [3.05, 3.63) is 66.0 Å². The summed E-state index contributed by atoms with van der Waals surface area (Å²) in [5, 5.41) is 3.38. The minimum Gasteiger partial charge on any atom is -0.382 e. The largest absolute Gasteiger partial charge is 0.382 e. The van der Waals surface area contributed by atoms with Crippen LogP contribution in [0.3, 0.4) is 0 Å². The lowest BCUT2D eigenvalue weighted by Crippen LogP contribution is -2.48. The third kappa shape index (κ3) is 5.95. The van der Waals surface area contributed by atoms with E-state index in [1.165, 1.54) is 4.57 Å². The first-order valence-corrected chi connectivity index (χ1v) is 13.7. The number of alkyl halides is 2. The van der Waals surface area contributed by atoms with Crippen molar-refractivity contribution in [1.82, 2.24) is 19.5 Å². The fourth-order valence-electron chi connectivity index (χ4n) is 5.29. The van der Waals surface area contributed by atoms with Crippen molar-refractivity contribution in [3.8, 4) is 5.82 Å². The Morgan fingerprint density at radius 3 is 2.54 bits per heavy atom. The predicted molar refractivity (Wildman–Crippen MR) is 152 cm³/mol. The van der Waals surface area contributed by atoms with Crippen molar-refractivity contribution in [1.29, 1.82) is 0 Å². The summed E-state index contributed by atoms with van der Waals surface area (Å²) in [7, 11) is 1.70. The van der Waals surface area contributed by atoms with Gasteiger partial charge >= 0.3 is 0 Å². The fourth-order valence-corrected chi connectivity index (χ4v) is 5.29. The SMILES string of the molecule is COCC1COCCN1c1ccc(CNc2cc(-n3c(C(F)F)nc4ccccc43)nc(N3CCOCC3)n2)cc1. The van der Waals surface area contributed by atoms with Gasteiger partial charge in [0.15, 0.2) is 5.82 Å². The third-order valence-corrected chi connectivity index (χ3v) is 7.33. The summed E-state index contributed by atoms with van der Waals surface area (Å²) in [5.74, 6) is 0.971. The minimum absolute atomic E-state index is 0.174. The van der Waals surface area contributed by atoms with Crippen molar-refractivity contribution < 1.29 is 23.0 Å². The number of imidazole rings is 1. The van der Waals surface area contributed by atoms with E-state index in [2.05, 4.69) is 39.5 Å². The number of methoxy groups -OCH3 is 1. The molecule has 2 aromatic carbocycles. The monoisotopic (exact) mass is 565 g/mol. The number of nitrogens with zero attached hydrogens (tertiary/aromatic N) is 6. The Kier molecular flexibility index (Phi) is 8.21. The molecule has 2 fully saturated rings. The molecule has 41 heavy (non-hydrogen) atoms. The van der Waals surface area contributed by atoms with Gasteiger partial charge in [0.2, 0.25) is 5.95 Å². The molecule has 0 radical (unpaired) electrons. The van der Waals surface area contributed by atoms with E-state index in [0.29, 0.717) is 81.3 Å². The van der Waals surface area contributed by atoms with E-state index in [1.54, 1.807) is 37.4 Å². The van der Waals surface area contributed by atoms with Crippen LogP contribution in [0.25, 0.3) is 16.9 Å². The summed E-state index contributed by atoms with van der Waals surface area (Å²) in [5.41, 5.74) is 3.21. The van der Waals surface area contributed by atoms with Gasteiger partial charge in [0.1, 0.15) is 11.6 Å². The van der Waals surface area contributed by atoms with Crippen LogP contribution < -0.4 is 15.1 Å². The summed E-state index contributed by atoms with van der Waals surface area (Å²) in [6.45, 7) is 5.55. The molecule has 4 aromatic rings. The normalized spacial score (nSPS) is 17.9. The number of benzene rings is 2. The number of fused-ring (bicyclic) bond motifs is 1. The van der Waals surface area contributed by atoms with Gasteiger partial charge in [0, 0.05) is 45.0 Å². The molecule has 1 atom stereocenters. The van der Waals surface area contributed by atoms with E-state index in [9.17, 15) is 8.78 Å². The van der Waals surface area contributed by atoms with Gasteiger partial charge in [0.25, 0.3) is 6.43 Å². The molecule has 0 aliphatic carbocycles. The molecular formula is C29H33F2N7O3. The van der Waals surface area contributed by atoms with E-state index in [0.717, 1.165) is 17.8 Å². The Hall–Kier alpha value is -3.87. The second-order valence-corrected chi connectivity index (χ2v) is 10.0. The first-order chi connectivity index (χ1) is 20.1. The first kappa shape index (κ1) is 27.3. The zero-order valence-electron chi connectivity index (χ0n) is 22.9. The predicted octanol–water partition coefficient (Wildman–Crippen LogP) is 4.05.